The van der Waals surface area contributed by atoms with Crippen LogP contribution in [0.3, 0.4) is 0 Å². The fourth-order valence-corrected chi connectivity index (χ4v) is 2.97. The molecular formula is C21H24N4O4. The Kier molecular flexibility index (Phi) is 6.80. The van der Waals surface area contributed by atoms with Crippen LogP contribution in [0, 0.1) is 0 Å². The van der Waals surface area contributed by atoms with Crippen molar-refractivity contribution >= 4 is 17.3 Å². The standard InChI is InChI=1S/C21H24N4O4/c1-28-13-7-11-22-20(26)18-16-9-5-6-12-25(16)19(24-18)21(27)23-14-15-8-3-4-10-17(15)29-2/h3-6,8-10,12H,7,11,13-14H2,1-2H3,(H,22,26)(H,23,27). The normalized spacial score (nSPS) is 10.7. The van der Waals surface area contributed by atoms with E-state index < -0.39 is 0 Å². The van der Waals surface area contributed by atoms with Crippen LogP contribution in [0.15, 0.2) is 48.7 Å². The molecule has 0 radical (unpaired) electrons. The van der Waals surface area contributed by atoms with Gasteiger partial charge in [-0.05, 0) is 24.6 Å². The largest absolute Gasteiger partial charge is 0.496 e. The Hall–Kier alpha value is -3.39. The lowest BCUT2D eigenvalue weighted by molar-refractivity contribution is 0.0939. The second-order valence-corrected chi connectivity index (χ2v) is 6.34. The fraction of sp³-hybridized carbons (Fsp3) is 0.286. The summed E-state index contributed by atoms with van der Waals surface area (Å²) in [5, 5.41) is 5.65. The highest BCUT2D eigenvalue weighted by Crippen LogP contribution is 2.17. The van der Waals surface area contributed by atoms with Crippen molar-refractivity contribution in [3.63, 3.8) is 0 Å². The lowest BCUT2D eigenvalue weighted by Gasteiger charge is -2.09. The first kappa shape index (κ1) is 20.3. The maximum absolute atomic E-state index is 12.8. The summed E-state index contributed by atoms with van der Waals surface area (Å²) in [5.41, 5.74) is 1.63. The summed E-state index contributed by atoms with van der Waals surface area (Å²) in [4.78, 5) is 29.6. The third-order valence-electron chi connectivity index (χ3n) is 4.41. The molecule has 8 heteroatoms. The van der Waals surface area contributed by atoms with Gasteiger partial charge in [0.1, 0.15) is 5.75 Å². The quantitative estimate of drug-likeness (QED) is 0.540. The number of carbonyl (C=O) groups excluding carboxylic acids is 2. The summed E-state index contributed by atoms with van der Waals surface area (Å²) >= 11 is 0. The van der Waals surface area contributed by atoms with Crippen LogP contribution in [-0.4, -0.2) is 48.6 Å². The molecular weight excluding hydrogens is 372 g/mol. The van der Waals surface area contributed by atoms with E-state index in [9.17, 15) is 9.59 Å². The first-order valence-electron chi connectivity index (χ1n) is 9.30. The minimum absolute atomic E-state index is 0.150. The van der Waals surface area contributed by atoms with Gasteiger partial charge in [-0.1, -0.05) is 24.3 Å². The van der Waals surface area contributed by atoms with E-state index in [4.69, 9.17) is 9.47 Å². The molecule has 1 aromatic carbocycles. The number of aromatic nitrogens is 2. The number of carbonyl (C=O) groups is 2. The van der Waals surface area contributed by atoms with Crippen LogP contribution >= 0.6 is 0 Å². The number of hydrogen-bond acceptors (Lipinski definition) is 5. The number of benzene rings is 1. The van der Waals surface area contributed by atoms with Crippen LogP contribution in [0.2, 0.25) is 0 Å². The van der Waals surface area contributed by atoms with Gasteiger partial charge in [-0.25, -0.2) is 4.98 Å². The van der Waals surface area contributed by atoms with Crippen molar-refractivity contribution in [3.05, 3.63) is 65.7 Å². The van der Waals surface area contributed by atoms with Gasteiger partial charge in [-0.3, -0.25) is 14.0 Å². The minimum Gasteiger partial charge on any atom is -0.496 e. The molecule has 3 rings (SSSR count). The van der Waals surface area contributed by atoms with Crippen molar-refractivity contribution < 1.29 is 19.1 Å². The number of methoxy groups -OCH3 is 2. The van der Waals surface area contributed by atoms with E-state index >= 15 is 0 Å². The van der Waals surface area contributed by atoms with Gasteiger partial charge in [0, 0.05) is 38.6 Å². The third kappa shape index (κ3) is 4.72. The van der Waals surface area contributed by atoms with Crippen LogP contribution in [0.1, 0.15) is 33.1 Å². The summed E-state index contributed by atoms with van der Waals surface area (Å²) in [6, 6.07) is 12.8. The molecule has 2 amide bonds. The van der Waals surface area contributed by atoms with E-state index in [2.05, 4.69) is 15.6 Å². The van der Waals surface area contributed by atoms with Crippen LogP contribution in [0.4, 0.5) is 0 Å². The van der Waals surface area contributed by atoms with Gasteiger partial charge in [0.15, 0.2) is 5.69 Å². The molecule has 0 atom stereocenters. The Labute approximate surface area is 168 Å². The summed E-state index contributed by atoms with van der Waals surface area (Å²) in [7, 11) is 3.20. The maximum Gasteiger partial charge on any atom is 0.287 e. The lowest BCUT2D eigenvalue weighted by Crippen LogP contribution is -2.27. The zero-order valence-electron chi connectivity index (χ0n) is 16.5. The first-order chi connectivity index (χ1) is 14.2. The topological polar surface area (TPSA) is 94.0 Å². The van der Waals surface area contributed by atoms with Crippen molar-refractivity contribution in [1.82, 2.24) is 20.0 Å². The Balaban J connectivity index is 1.78. The Morgan fingerprint density at radius 1 is 1.03 bits per heavy atom. The number of hydrogen-bond donors (Lipinski definition) is 2. The number of rotatable bonds is 9. The molecule has 0 aliphatic carbocycles. The second kappa shape index (κ2) is 9.70. The molecule has 152 valence electrons. The average molecular weight is 396 g/mol. The Morgan fingerprint density at radius 2 is 1.83 bits per heavy atom. The summed E-state index contributed by atoms with van der Waals surface area (Å²) in [5.74, 6) is 0.138. The first-order valence-corrected chi connectivity index (χ1v) is 9.30. The molecule has 2 heterocycles. The second-order valence-electron chi connectivity index (χ2n) is 6.34. The van der Waals surface area contributed by atoms with Gasteiger partial charge in [0.2, 0.25) is 5.82 Å². The van der Waals surface area contributed by atoms with Crippen LogP contribution < -0.4 is 15.4 Å². The Morgan fingerprint density at radius 3 is 2.62 bits per heavy atom. The molecule has 0 saturated carbocycles. The molecule has 8 nitrogen and oxygen atoms in total. The van der Waals surface area contributed by atoms with Gasteiger partial charge >= 0.3 is 0 Å². The summed E-state index contributed by atoms with van der Waals surface area (Å²) in [6.45, 7) is 1.30. The van der Waals surface area contributed by atoms with Gasteiger partial charge in [0.05, 0.1) is 12.6 Å². The summed E-state index contributed by atoms with van der Waals surface area (Å²) < 4.78 is 11.9. The van der Waals surface area contributed by atoms with Crippen molar-refractivity contribution in [2.24, 2.45) is 0 Å². The number of ether oxygens (including phenoxy) is 2. The molecule has 0 unspecified atom stereocenters. The molecule has 0 spiro atoms. The van der Waals surface area contributed by atoms with Crippen LogP contribution in [0.25, 0.3) is 5.52 Å². The smallest absolute Gasteiger partial charge is 0.287 e. The number of nitrogens with one attached hydrogen (secondary N) is 2. The Bertz CT molecular complexity index is 999. The molecule has 29 heavy (non-hydrogen) atoms. The summed E-state index contributed by atoms with van der Waals surface area (Å²) in [6.07, 6.45) is 2.41. The molecule has 3 aromatic rings. The third-order valence-corrected chi connectivity index (χ3v) is 4.41. The molecule has 0 aliphatic heterocycles. The predicted octanol–water partition coefficient (Wildman–Crippen LogP) is 2.04. The SMILES string of the molecule is COCCCNC(=O)c1nc(C(=O)NCc2ccccc2OC)n2ccccc12. The van der Waals surface area contributed by atoms with Gasteiger partial charge in [-0.15, -0.1) is 0 Å². The number of nitrogens with zero attached hydrogens (tertiary/aromatic N) is 2. The van der Waals surface area contributed by atoms with Crippen molar-refractivity contribution in [2.45, 2.75) is 13.0 Å². The van der Waals surface area contributed by atoms with Gasteiger partial charge in [0.25, 0.3) is 11.8 Å². The molecule has 0 aliphatic rings. The van der Waals surface area contributed by atoms with E-state index in [-0.39, 0.29) is 29.9 Å². The number of imidazole rings is 1. The monoisotopic (exact) mass is 396 g/mol. The molecule has 2 aromatic heterocycles. The van der Waals surface area contributed by atoms with Crippen LogP contribution in [-0.2, 0) is 11.3 Å². The molecule has 0 saturated heterocycles. The number of fused-ring (bicyclic) bond motifs is 1. The van der Waals surface area contributed by atoms with Crippen molar-refractivity contribution in [1.29, 1.82) is 0 Å². The minimum atomic E-state index is -0.379. The van der Waals surface area contributed by atoms with E-state index in [1.807, 2.05) is 24.3 Å². The fourth-order valence-electron chi connectivity index (χ4n) is 2.97. The number of amides is 2. The van der Waals surface area contributed by atoms with E-state index in [0.29, 0.717) is 30.8 Å². The zero-order valence-corrected chi connectivity index (χ0v) is 16.5. The van der Waals surface area contributed by atoms with E-state index in [0.717, 1.165) is 5.56 Å². The van der Waals surface area contributed by atoms with Crippen molar-refractivity contribution in [3.8, 4) is 5.75 Å². The van der Waals surface area contributed by atoms with E-state index in [1.54, 1.807) is 43.0 Å². The molecule has 2 N–H and O–H groups in total. The van der Waals surface area contributed by atoms with Gasteiger partial charge < -0.3 is 20.1 Å². The number of pyridine rings is 1. The zero-order chi connectivity index (χ0) is 20.6. The van der Waals surface area contributed by atoms with Crippen LogP contribution in [0.5, 0.6) is 5.75 Å². The van der Waals surface area contributed by atoms with Crippen molar-refractivity contribution in [2.75, 3.05) is 27.4 Å². The number of para-hydroxylation sites is 1. The predicted molar refractivity (Wildman–Crippen MR) is 108 cm³/mol. The molecule has 0 bridgehead atoms. The van der Waals surface area contributed by atoms with Gasteiger partial charge in [-0.2, -0.15) is 0 Å². The maximum atomic E-state index is 12.8. The highest BCUT2D eigenvalue weighted by atomic mass is 16.5. The average Bonchev–Trinajstić information content (AvgIpc) is 3.15. The highest BCUT2D eigenvalue weighted by molar-refractivity contribution is 6.02. The highest BCUT2D eigenvalue weighted by Gasteiger charge is 2.21. The van der Waals surface area contributed by atoms with E-state index in [1.165, 1.54) is 0 Å². The molecule has 0 fully saturated rings. The lowest BCUT2D eigenvalue weighted by atomic mass is 10.2.